The van der Waals surface area contributed by atoms with Gasteiger partial charge in [0.05, 0.1) is 6.16 Å². The average Bonchev–Trinajstić information content (AvgIpc) is 2.07. The highest BCUT2D eigenvalue weighted by Crippen LogP contribution is 2.10. The Morgan fingerprint density at radius 1 is 1.18 bits per heavy atom. The normalized spacial score (nSPS) is 10.3. The fourth-order valence-corrected chi connectivity index (χ4v) is 1.31. The molecular formula is C9H11OP. The van der Waals surface area contributed by atoms with Crippen LogP contribution in [0.25, 0.3) is 0 Å². The second kappa shape index (κ2) is 4.25. The van der Waals surface area contributed by atoms with Gasteiger partial charge in [-0.2, -0.15) is 0 Å². The molecule has 1 rings (SSSR count). The van der Waals surface area contributed by atoms with Crippen LogP contribution in [0.3, 0.4) is 0 Å². The van der Waals surface area contributed by atoms with E-state index >= 15 is 0 Å². The van der Waals surface area contributed by atoms with Gasteiger partial charge < -0.3 is 0 Å². The van der Waals surface area contributed by atoms with Gasteiger partial charge in [0, 0.05) is 0 Å². The Kier molecular flexibility index (Phi) is 3.25. The smallest absolute Gasteiger partial charge is 0.160 e. The van der Waals surface area contributed by atoms with Crippen molar-refractivity contribution in [2.24, 2.45) is 0 Å². The van der Waals surface area contributed by atoms with Crippen molar-refractivity contribution in [3.8, 4) is 0 Å². The summed E-state index contributed by atoms with van der Waals surface area (Å²) in [5.74, 6) is 0. The summed E-state index contributed by atoms with van der Waals surface area (Å²) in [5.41, 5.74) is 2.47. The molecule has 0 aliphatic carbocycles. The van der Waals surface area contributed by atoms with Crippen molar-refractivity contribution in [1.29, 1.82) is 0 Å². The highest BCUT2D eigenvalue weighted by molar-refractivity contribution is 7.22. The van der Waals surface area contributed by atoms with Crippen LogP contribution < -0.4 is 0 Å². The van der Waals surface area contributed by atoms with Crippen molar-refractivity contribution >= 4 is 8.46 Å². The van der Waals surface area contributed by atoms with Gasteiger partial charge in [-0.1, -0.05) is 31.2 Å². The second-order valence-electron chi connectivity index (χ2n) is 2.46. The third kappa shape index (κ3) is 2.44. The maximum Gasteiger partial charge on any atom is 0.160 e. The van der Waals surface area contributed by atoms with E-state index in [-0.39, 0.29) is 8.46 Å². The van der Waals surface area contributed by atoms with Crippen molar-refractivity contribution < 1.29 is 4.57 Å². The van der Waals surface area contributed by atoms with E-state index in [1.54, 1.807) is 0 Å². The Hall–Kier alpha value is -0.680. The van der Waals surface area contributed by atoms with Crippen LogP contribution in [-0.2, 0) is 17.1 Å². The molecule has 0 bridgehead atoms. The van der Waals surface area contributed by atoms with Gasteiger partial charge in [-0.3, -0.25) is 4.57 Å². The molecule has 0 unspecified atom stereocenters. The summed E-state index contributed by atoms with van der Waals surface area (Å²) in [4.78, 5) is 0. The van der Waals surface area contributed by atoms with Gasteiger partial charge in [0.2, 0.25) is 0 Å². The number of hydrogen-bond acceptors (Lipinski definition) is 1. The third-order valence-corrected chi connectivity index (χ3v) is 2.17. The Labute approximate surface area is 68.6 Å². The second-order valence-corrected chi connectivity index (χ2v) is 3.03. The van der Waals surface area contributed by atoms with Crippen molar-refractivity contribution in [2.45, 2.75) is 19.5 Å². The van der Waals surface area contributed by atoms with Crippen LogP contribution >= 0.6 is 8.46 Å². The van der Waals surface area contributed by atoms with Crippen molar-refractivity contribution in [2.75, 3.05) is 0 Å². The number of rotatable bonds is 3. The molecule has 1 aromatic carbocycles. The van der Waals surface area contributed by atoms with Crippen LogP contribution in [0, 0.1) is 0 Å². The zero-order valence-corrected chi connectivity index (χ0v) is 7.47. The summed E-state index contributed by atoms with van der Waals surface area (Å²) in [6.07, 6.45) is 1.69. The highest BCUT2D eigenvalue weighted by Gasteiger charge is 1.91. The van der Waals surface area contributed by atoms with E-state index in [1.165, 1.54) is 5.56 Å². The van der Waals surface area contributed by atoms with Crippen LogP contribution in [0.1, 0.15) is 18.1 Å². The highest BCUT2D eigenvalue weighted by atomic mass is 31.1. The molecule has 11 heavy (non-hydrogen) atoms. The molecule has 0 amide bonds. The standard InChI is InChI=1S/C9H11OP/c1-2-8-3-5-9(6-4-8)7-11-10/h3-6H,2,7H2,1H3. The van der Waals surface area contributed by atoms with Crippen molar-refractivity contribution in [1.82, 2.24) is 0 Å². The van der Waals surface area contributed by atoms with Gasteiger partial charge in [0.15, 0.2) is 8.46 Å². The van der Waals surface area contributed by atoms with E-state index in [0.29, 0.717) is 6.16 Å². The lowest BCUT2D eigenvalue weighted by Crippen LogP contribution is -1.80. The molecule has 0 radical (unpaired) electrons. The maximum absolute atomic E-state index is 10.2. The molecule has 0 spiro atoms. The van der Waals surface area contributed by atoms with Gasteiger partial charge >= 0.3 is 0 Å². The Morgan fingerprint density at radius 2 is 1.73 bits per heavy atom. The molecule has 58 valence electrons. The quantitative estimate of drug-likeness (QED) is 0.630. The molecule has 0 heterocycles. The Balaban J connectivity index is 2.74. The molecule has 0 aliphatic heterocycles. The molecule has 0 fully saturated rings. The zero-order chi connectivity index (χ0) is 8.10. The van der Waals surface area contributed by atoms with E-state index in [9.17, 15) is 4.57 Å². The van der Waals surface area contributed by atoms with Crippen molar-refractivity contribution in [3.05, 3.63) is 35.4 Å². The summed E-state index contributed by atoms with van der Waals surface area (Å²) in [5, 5.41) is 0. The van der Waals surface area contributed by atoms with Gasteiger partial charge in [-0.25, -0.2) is 0 Å². The van der Waals surface area contributed by atoms with Crippen LogP contribution in [0.2, 0.25) is 0 Å². The topological polar surface area (TPSA) is 17.1 Å². The van der Waals surface area contributed by atoms with Gasteiger partial charge in [-0.15, -0.1) is 0 Å². The minimum Gasteiger partial charge on any atom is -0.275 e. The average molecular weight is 166 g/mol. The first-order valence-corrected chi connectivity index (χ1v) is 4.73. The molecule has 2 heteroatoms. The Bertz CT molecular complexity index is 228. The molecular weight excluding hydrogens is 155 g/mol. The molecule has 1 aromatic rings. The monoisotopic (exact) mass is 166 g/mol. The molecule has 0 saturated carbocycles. The molecule has 0 aromatic heterocycles. The third-order valence-electron chi connectivity index (χ3n) is 1.68. The molecule has 0 aliphatic rings. The van der Waals surface area contributed by atoms with E-state index in [2.05, 4.69) is 19.1 Å². The molecule has 0 saturated heterocycles. The first-order valence-electron chi connectivity index (χ1n) is 3.73. The SMILES string of the molecule is CCc1ccc(CP=O)cc1. The number of hydrogen-bond donors (Lipinski definition) is 0. The lowest BCUT2D eigenvalue weighted by Gasteiger charge is -1.96. The lowest BCUT2D eigenvalue weighted by atomic mass is 10.1. The minimum absolute atomic E-state index is 0.200. The van der Waals surface area contributed by atoms with Crippen LogP contribution in [-0.4, -0.2) is 0 Å². The molecule has 0 N–H and O–H groups in total. The predicted octanol–water partition coefficient (Wildman–Crippen LogP) is 3.04. The largest absolute Gasteiger partial charge is 0.275 e. The summed E-state index contributed by atoms with van der Waals surface area (Å²) in [6.45, 7) is 2.13. The summed E-state index contributed by atoms with van der Waals surface area (Å²) < 4.78 is 10.2. The predicted molar refractivity (Wildman–Crippen MR) is 47.1 cm³/mol. The molecule has 0 atom stereocenters. The fraction of sp³-hybridized carbons (Fsp3) is 0.333. The zero-order valence-electron chi connectivity index (χ0n) is 6.58. The van der Waals surface area contributed by atoms with Crippen LogP contribution in [0.15, 0.2) is 24.3 Å². The van der Waals surface area contributed by atoms with Gasteiger partial charge in [-0.05, 0) is 17.5 Å². The Morgan fingerprint density at radius 3 is 2.18 bits per heavy atom. The van der Waals surface area contributed by atoms with Crippen LogP contribution in [0.4, 0.5) is 0 Å². The van der Waals surface area contributed by atoms with E-state index < -0.39 is 0 Å². The lowest BCUT2D eigenvalue weighted by molar-refractivity contribution is 0.598. The van der Waals surface area contributed by atoms with Gasteiger partial charge in [0.1, 0.15) is 0 Å². The summed E-state index contributed by atoms with van der Waals surface area (Å²) >= 11 is 0. The first kappa shape index (κ1) is 8.42. The van der Waals surface area contributed by atoms with E-state index in [4.69, 9.17) is 0 Å². The first-order chi connectivity index (χ1) is 5.36. The fourth-order valence-electron chi connectivity index (χ4n) is 0.955. The molecule has 1 nitrogen and oxygen atoms in total. The van der Waals surface area contributed by atoms with E-state index in [1.807, 2.05) is 12.1 Å². The maximum atomic E-state index is 10.2. The van der Waals surface area contributed by atoms with E-state index in [0.717, 1.165) is 12.0 Å². The van der Waals surface area contributed by atoms with Crippen LogP contribution in [0.5, 0.6) is 0 Å². The number of benzene rings is 1. The van der Waals surface area contributed by atoms with Crippen molar-refractivity contribution in [3.63, 3.8) is 0 Å². The minimum atomic E-state index is 0.200. The number of aryl methyl sites for hydroxylation is 1. The summed E-state index contributed by atoms with van der Waals surface area (Å²) in [7, 11) is 0.200. The van der Waals surface area contributed by atoms with Gasteiger partial charge in [0.25, 0.3) is 0 Å². The summed E-state index contributed by atoms with van der Waals surface area (Å²) in [6, 6.07) is 8.23.